The number of benzene rings is 1. The molecule has 0 bridgehead atoms. The number of rotatable bonds is 8. The number of nitrogens with zero attached hydrogens (tertiary/aromatic N) is 4. The maximum absolute atomic E-state index is 14.4. The highest BCUT2D eigenvalue weighted by Gasteiger charge is 2.62. The van der Waals surface area contributed by atoms with Crippen molar-refractivity contribution in [3.63, 3.8) is 0 Å². The van der Waals surface area contributed by atoms with E-state index in [1.807, 2.05) is 49.5 Å². The van der Waals surface area contributed by atoms with E-state index in [4.69, 9.17) is 19.6 Å². The summed E-state index contributed by atoms with van der Waals surface area (Å²) in [5.74, 6) is -0.490. The molecule has 2 aromatic heterocycles. The van der Waals surface area contributed by atoms with Gasteiger partial charge in [0.1, 0.15) is 23.4 Å². The van der Waals surface area contributed by atoms with Crippen molar-refractivity contribution in [2.24, 2.45) is 23.2 Å². The van der Waals surface area contributed by atoms with E-state index in [0.717, 1.165) is 35.9 Å². The number of carbonyl (C=O) groups is 3. The number of allylic oxidation sites excluding steroid dienone is 2. The van der Waals surface area contributed by atoms with Gasteiger partial charge in [-0.2, -0.15) is 5.10 Å². The first-order chi connectivity index (χ1) is 25.2. The minimum absolute atomic E-state index is 0.115. The van der Waals surface area contributed by atoms with Crippen molar-refractivity contribution in [3.05, 3.63) is 53.9 Å². The van der Waals surface area contributed by atoms with E-state index in [1.54, 1.807) is 30.7 Å². The van der Waals surface area contributed by atoms with E-state index in [2.05, 4.69) is 18.6 Å². The number of ether oxygens (including phenoxy) is 2. The highest BCUT2D eigenvalue weighted by molar-refractivity contribution is 7.91. The van der Waals surface area contributed by atoms with Crippen LogP contribution in [0, 0.1) is 30.1 Å². The van der Waals surface area contributed by atoms with Crippen molar-refractivity contribution in [2.45, 2.75) is 102 Å². The normalized spacial score (nSPS) is 27.9. The number of methoxy groups -OCH3 is 1. The molecule has 0 saturated heterocycles. The predicted octanol–water partition coefficient (Wildman–Crippen LogP) is 5.80. The van der Waals surface area contributed by atoms with Crippen LogP contribution in [0.5, 0.6) is 11.5 Å². The average Bonchev–Trinajstić information content (AvgIpc) is 3.89. The molecular weight excluding hydrogens is 695 g/mol. The van der Waals surface area contributed by atoms with E-state index in [9.17, 15) is 22.8 Å². The first-order valence-corrected chi connectivity index (χ1v) is 20.4. The number of Topliss-reactive ketones (excluding diaryl/α,β-unsaturated/α-hetero) is 1. The Morgan fingerprint density at radius 3 is 2.53 bits per heavy atom. The van der Waals surface area contributed by atoms with Gasteiger partial charge in [-0.05, 0) is 95.2 Å². The molecule has 7 rings (SSSR count). The number of ketones is 1. The Labute approximate surface area is 311 Å². The van der Waals surface area contributed by atoms with Gasteiger partial charge in [-0.3, -0.25) is 19.1 Å². The molecule has 2 amide bonds. The summed E-state index contributed by atoms with van der Waals surface area (Å²) in [6.07, 6.45) is 9.66. The van der Waals surface area contributed by atoms with E-state index in [0.29, 0.717) is 55.1 Å². The number of amides is 2. The zero-order chi connectivity index (χ0) is 37.9. The first-order valence-electron chi connectivity index (χ1n) is 18.9. The van der Waals surface area contributed by atoms with Crippen LogP contribution >= 0.6 is 0 Å². The minimum atomic E-state index is -3.89. The summed E-state index contributed by atoms with van der Waals surface area (Å²) in [6, 6.07) is 7.59. The lowest BCUT2D eigenvalue weighted by Gasteiger charge is -2.26. The molecule has 0 spiro atoms. The number of hydrogen-bond donors (Lipinski definition) is 1. The minimum Gasteiger partial charge on any atom is -0.496 e. The largest absolute Gasteiger partial charge is 0.496 e. The Hall–Kier alpha value is -4.26. The third-order valence-corrected chi connectivity index (χ3v) is 14.3. The molecule has 3 heterocycles. The van der Waals surface area contributed by atoms with Crippen LogP contribution < -0.4 is 14.2 Å². The standard InChI is InChI=1S/C40H51N5O7S/c1-24(2)31-14-18-45(42-31)35-21-34(28-12-13-33(51-6)25(3)36(28)41-35)52-27-19-29-30(20-27)37(47)44(5)17-10-8-7-9-11-26-22-40(26,23-32(29)46)38(48)43-53(49,50)39(4)15-16-39/h9,11-14,18,21,24,26-27,29-30H,7-8,10,15-17,19-20,22-23H2,1-6H3,(H,43,48)/b11-9-/t26-,27-,29-,30?,40-/m1/s1. The van der Waals surface area contributed by atoms with Gasteiger partial charge in [-0.1, -0.05) is 26.0 Å². The molecule has 1 aromatic carbocycles. The molecule has 4 aliphatic rings. The maximum atomic E-state index is 14.4. The van der Waals surface area contributed by atoms with Crippen LogP contribution in [0.25, 0.3) is 16.7 Å². The van der Waals surface area contributed by atoms with Crippen LogP contribution in [0.1, 0.15) is 95.7 Å². The molecule has 1 aliphatic heterocycles. The van der Waals surface area contributed by atoms with Gasteiger partial charge in [0.15, 0.2) is 5.82 Å². The van der Waals surface area contributed by atoms with E-state index in [1.165, 1.54) is 0 Å². The van der Waals surface area contributed by atoms with E-state index >= 15 is 0 Å². The molecule has 12 nitrogen and oxygen atoms in total. The number of fused-ring (bicyclic) bond motifs is 3. The second kappa shape index (κ2) is 13.9. The van der Waals surface area contributed by atoms with Crippen LogP contribution in [0.4, 0.5) is 0 Å². The van der Waals surface area contributed by atoms with Gasteiger partial charge in [0.05, 0.1) is 34.4 Å². The predicted molar refractivity (Wildman–Crippen MR) is 200 cm³/mol. The van der Waals surface area contributed by atoms with Crippen molar-refractivity contribution in [3.8, 4) is 17.3 Å². The smallest absolute Gasteiger partial charge is 0.240 e. The fourth-order valence-corrected chi connectivity index (χ4v) is 9.43. The molecule has 1 N–H and O–H groups in total. The van der Waals surface area contributed by atoms with Gasteiger partial charge in [-0.15, -0.1) is 0 Å². The van der Waals surface area contributed by atoms with Gasteiger partial charge in [0, 0.05) is 49.1 Å². The SMILES string of the molecule is COc1ccc2c(O[C@H]3CC4C(=O)N(C)CCCC/C=C\[C@@H]5C[C@@]5(C(=O)NS(=O)(=O)C5(C)CC5)CC(=O)[C@@H]4C3)cc(-n3ccc(C(C)C)n3)nc2c1C. The summed E-state index contributed by atoms with van der Waals surface area (Å²) in [7, 11) is -0.491. The third kappa shape index (κ3) is 6.97. The summed E-state index contributed by atoms with van der Waals surface area (Å²) >= 11 is 0. The summed E-state index contributed by atoms with van der Waals surface area (Å²) in [5, 5.41) is 5.52. The van der Waals surface area contributed by atoms with E-state index < -0.39 is 44.0 Å². The number of aryl methyl sites for hydroxylation is 1. The second-order valence-corrected chi connectivity index (χ2v) is 18.4. The third-order valence-electron chi connectivity index (χ3n) is 12.1. The average molecular weight is 746 g/mol. The molecule has 5 atom stereocenters. The molecule has 284 valence electrons. The molecular formula is C40H51N5O7S. The summed E-state index contributed by atoms with van der Waals surface area (Å²) < 4.78 is 41.8. The van der Waals surface area contributed by atoms with Gasteiger partial charge < -0.3 is 14.4 Å². The molecule has 0 radical (unpaired) electrons. The van der Waals surface area contributed by atoms with Gasteiger partial charge in [0.2, 0.25) is 21.8 Å². The number of hydrogen-bond acceptors (Lipinski definition) is 9. The molecule has 3 aromatic rings. The van der Waals surface area contributed by atoms with Crippen molar-refractivity contribution in [1.29, 1.82) is 0 Å². The molecule has 1 unspecified atom stereocenters. The van der Waals surface area contributed by atoms with Gasteiger partial charge >= 0.3 is 0 Å². The molecule has 3 aliphatic carbocycles. The number of nitrogens with one attached hydrogen (secondary N) is 1. The summed E-state index contributed by atoms with van der Waals surface area (Å²) in [6.45, 7) is 8.31. The van der Waals surface area contributed by atoms with Crippen molar-refractivity contribution in [1.82, 2.24) is 24.4 Å². The van der Waals surface area contributed by atoms with Crippen LogP contribution in [0.3, 0.4) is 0 Å². The molecule has 3 fully saturated rings. The maximum Gasteiger partial charge on any atom is 0.240 e. The van der Waals surface area contributed by atoms with Crippen molar-refractivity contribution in [2.75, 3.05) is 20.7 Å². The number of aromatic nitrogens is 3. The topological polar surface area (TPSA) is 150 Å². The Morgan fingerprint density at radius 2 is 1.83 bits per heavy atom. The van der Waals surface area contributed by atoms with Gasteiger partial charge in [-0.25, -0.2) is 18.1 Å². The highest BCUT2D eigenvalue weighted by atomic mass is 32.2. The quantitative estimate of drug-likeness (QED) is 0.283. The first kappa shape index (κ1) is 37.1. The van der Waals surface area contributed by atoms with Crippen LogP contribution in [-0.4, -0.2) is 77.2 Å². The lowest BCUT2D eigenvalue weighted by Crippen LogP contribution is -2.44. The lowest BCUT2D eigenvalue weighted by atomic mass is 9.84. The second-order valence-electron chi connectivity index (χ2n) is 16.2. The zero-order valence-corrected chi connectivity index (χ0v) is 32.4. The Kier molecular flexibility index (Phi) is 9.70. The fraction of sp³-hybridized carbons (Fsp3) is 0.575. The fourth-order valence-electron chi connectivity index (χ4n) is 8.10. The van der Waals surface area contributed by atoms with Crippen LogP contribution in [0.15, 0.2) is 42.6 Å². The number of pyridine rings is 1. The Balaban J connectivity index is 1.21. The summed E-state index contributed by atoms with van der Waals surface area (Å²) in [4.78, 5) is 49.1. The van der Waals surface area contributed by atoms with Crippen molar-refractivity contribution >= 4 is 38.5 Å². The van der Waals surface area contributed by atoms with E-state index in [-0.39, 0.29) is 36.4 Å². The number of carbonyl (C=O) groups excluding carboxylic acids is 3. The van der Waals surface area contributed by atoms with Crippen molar-refractivity contribution < 1.29 is 32.3 Å². The monoisotopic (exact) mass is 745 g/mol. The summed E-state index contributed by atoms with van der Waals surface area (Å²) in [5.41, 5.74) is 1.29. The Morgan fingerprint density at radius 1 is 1.08 bits per heavy atom. The molecule has 13 heteroatoms. The number of sulfonamides is 1. The highest BCUT2D eigenvalue weighted by Crippen LogP contribution is 2.58. The lowest BCUT2D eigenvalue weighted by molar-refractivity contribution is -0.140. The zero-order valence-electron chi connectivity index (χ0n) is 31.6. The molecule has 53 heavy (non-hydrogen) atoms. The van der Waals surface area contributed by atoms with Crippen LogP contribution in [0.2, 0.25) is 0 Å². The van der Waals surface area contributed by atoms with Gasteiger partial charge in [0.25, 0.3) is 0 Å². The molecule has 3 saturated carbocycles. The Bertz CT molecular complexity index is 2090. The van der Waals surface area contributed by atoms with Crippen LogP contribution in [-0.2, 0) is 24.4 Å².